The summed E-state index contributed by atoms with van der Waals surface area (Å²) in [5.74, 6) is 1.91. The summed E-state index contributed by atoms with van der Waals surface area (Å²) >= 11 is 0. The van der Waals surface area contributed by atoms with Gasteiger partial charge in [0.25, 0.3) is 0 Å². The van der Waals surface area contributed by atoms with Crippen LogP contribution in [0, 0.1) is 0 Å². The highest BCUT2D eigenvalue weighted by Gasteiger charge is 2.15. The summed E-state index contributed by atoms with van der Waals surface area (Å²) in [7, 11) is 0. The minimum Gasteiger partial charge on any atom is -0.454 e. The molecule has 3 heterocycles. The van der Waals surface area contributed by atoms with Gasteiger partial charge >= 0.3 is 0 Å². The third-order valence-corrected chi connectivity index (χ3v) is 7.59. The maximum atomic E-state index is 6.27. The molecule has 3 aromatic heterocycles. The first-order chi connectivity index (χ1) is 21.3. The van der Waals surface area contributed by atoms with E-state index in [9.17, 15) is 0 Å². The van der Waals surface area contributed by atoms with E-state index in [1.165, 1.54) is 0 Å². The van der Waals surface area contributed by atoms with Gasteiger partial charge in [0.15, 0.2) is 23.1 Å². The molecule has 0 unspecified atom stereocenters. The molecule has 0 aliphatic carbocycles. The number of fused-ring (bicyclic) bond motifs is 3. The first kappa shape index (κ1) is 24.8. The molecule has 0 aliphatic heterocycles. The molecule has 0 spiro atoms. The maximum absolute atomic E-state index is 6.27. The van der Waals surface area contributed by atoms with Crippen LogP contribution in [0.5, 0.6) is 0 Å². The Labute approximate surface area is 248 Å². The lowest BCUT2D eigenvalue weighted by Gasteiger charge is -2.10. The predicted molar refractivity (Wildman–Crippen MR) is 172 cm³/mol. The summed E-state index contributed by atoms with van der Waals surface area (Å²) in [6, 6.07) is 47.0. The van der Waals surface area contributed by atoms with Crippen LogP contribution in [-0.4, -0.2) is 19.9 Å². The second-order valence-corrected chi connectivity index (χ2v) is 10.3. The van der Waals surface area contributed by atoms with Gasteiger partial charge in [0, 0.05) is 33.8 Å². The van der Waals surface area contributed by atoms with Gasteiger partial charge in [-0.25, -0.2) is 15.0 Å². The molecule has 0 aliphatic rings. The first-order valence-corrected chi connectivity index (χ1v) is 14.1. The molecule has 0 bridgehead atoms. The third kappa shape index (κ3) is 4.63. The molecule has 5 nitrogen and oxygen atoms in total. The fraction of sp³-hybridized carbons (Fsp3) is 0. The molecular formula is C38H24N4O. The Morgan fingerprint density at radius 2 is 0.930 bits per heavy atom. The van der Waals surface area contributed by atoms with Crippen LogP contribution in [0.2, 0.25) is 0 Å². The number of para-hydroxylation sites is 1. The summed E-state index contributed by atoms with van der Waals surface area (Å²) in [6.45, 7) is 0. The van der Waals surface area contributed by atoms with Gasteiger partial charge in [-0.2, -0.15) is 0 Å². The fourth-order valence-electron chi connectivity index (χ4n) is 5.47. The first-order valence-electron chi connectivity index (χ1n) is 14.1. The molecule has 0 fully saturated rings. The molecular weight excluding hydrogens is 528 g/mol. The smallest absolute Gasteiger partial charge is 0.164 e. The Balaban J connectivity index is 1.22. The number of pyridine rings is 1. The Kier molecular flexibility index (Phi) is 6.05. The van der Waals surface area contributed by atoms with Gasteiger partial charge < -0.3 is 4.42 Å². The number of nitrogens with zero attached hydrogens (tertiary/aromatic N) is 4. The lowest BCUT2D eigenvalue weighted by atomic mass is 9.97. The fourth-order valence-corrected chi connectivity index (χ4v) is 5.47. The highest BCUT2D eigenvalue weighted by molar-refractivity contribution is 6.07. The molecule has 0 radical (unpaired) electrons. The molecule has 0 saturated carbocycles. The molecule has 8 aromatic rings. The van der Waals surface area contributed by atoms with Crippen molar-refractivity contribution in [3.05, 3.63) is 146 Å². The number of benzene rings is 5. The van der Waals surface area contributed by atoms with Crippen molar-refractivity contribution in [1.82, 2.24) is 19.9 Å². The van der Waals surface area contributed by atoms with E-state index in [2.05, 4.69) is 47.4 Å². The van der Waals surface area contributed by atoms with Crippen molar-refractivity contribution in [2.45, 2.75) is 0 Å². The van der Waals surface area contributed by atoms with Crippen LogP contribution >= 0.6 is 0 Å². The normalized spacial score (nSPS) is 11.3. The van der Waals surface area contributed by atoms with E-state index in [-0.39, 0.29) is 0 Å². The minimum absolute atomic E-state index is 0.629. The van der Waals surface area contributed by atoms with Gasteiger partial charge in [0.2, 0.25) is 0 Å². The van der Waals surface area contributed by atoms with Gasteiger partial charge in [-0.3, -0.25) is 4.98 Å². The minimum atomic E-state index is 0.629. The maximum Gasteiger partial charge on any atom is 0.164 e. The lowest BCUT2D eigenvalue weighted by molar-refractivity contribution is 0.669. The largest absolute Gasteiger partial charge is 0.454 e. The molecule has 8 rings (SSSR count). The SMILES string of the molecule is c1ccc(-c2nc(-c3ccccc3)nc(-c3cccc(-c4cccc(-c5ccnc6c5oc5ccccc56)c4)c3)n2)cc1. The second kappa shape index (κ2) is 10.5. The van der Waals surface area contributed by atoms with Crippen molar-refractivity contribution in [2.75, 3.05) is 0 Å². The molecule has 5 heteroatoms. The van der Waals surface area contributed by atoms with E-state index in [0.717, 1.165) is 61.0 Å². The lowest BCUT2D eigenvalue weighted by Crippen LogP contribution is -2.00. The quantitative estimate of drug-likeness (QED) is 0.213. The van der Waals surface area contributed by atoms with Gasteiger partial charge in [-0.15, -0.1) is 0 Å². The average molecular weight is 553 g/mol. The van der Waals surface area contributed by atoms with Crippen LogP contribution in [0.3, 0.4) is 0 Å². The number of hydrogen-bond donors (Lipinski definition) is 0. The zero-order valence-electron chi connectivity index (χ0n) is 23.1. The molecule has 0 saturated heterocycles. The highest BCUT2D eigenvalue weighted by atomic mass is 16.3. The number of rotatable bonds is 5. The zero-order chi connectivity index (χ0) is 28.6. The number of hydrogen-bond acceptors (Lipinski definition) is 5. The highest BCUT2D eigenvalue weighted by Crippen LogP contribution is 2.36. The Bertz CT molecular complexity index is 2180. The zero-order valence-corrected chi connectivity index (χ0v) is 23.1. The summed E-state index contributed by atoms with van der Waals surface area (Å²) < 4.78 is 6.27. The van der Waals surface area contributed by atoms with Crippen molar-refractivity contribution in [3.63, 3.8) is 0 Å². The van der Waals surface area contributed by atoms with Gasteiger partial charge in [-0.1, -0.05) is 109 Å². The number of aromatic nitrogens is 4. The molecule has 5 aromatic carbocycles. The Morgan fingerprint density at radius 1 is 0.419 bits per heavy atom. The van der Waals surface area contributed by atoms with Crippen molar-refractivity contribution in [2.24, 2.45) is 0 Å². The van der Waals surface area contributed by atoms with Crippen molar-refractivity contribution in [3.8, 4) is 56.4 Å². The van der Waals surface area contributed by atoms with Crippen LogP contribution < -0.4 is 0 Å². The standard InChI is InChI=1S/C38H24N4O/c1-3-11-25(12-4-1)36-40-37(26-13-5-2-6-14-26)42-38(41-36)30-18-10-16-28(24-30)27-15-9-17-29(23-27)31-21-22-39-34-32-19-7-8-20-33(32)43-35(31)34/h1-24H. The second-order valence-electron chi connectivity index (χ2n) is 10.3. The third-order valence-electron chi connectivity index (χ3n) is 7.59. The summed E-state index contributed by atoms with van der Waals surface area (Å²) in [4.78, 5) is 19.3. The summed E-state index contributed by atoms with van der Waals surface area (Å²) in [6.07, 6.45) is 1.85. The van der Waals surface area contributed by atoms with E-state index in [4.69, 9.17) is 19.4 Å². The van der Waals surface area contributed by atoms with Gasteiger partial charge in [-0.05, 0) is 47.0 Å². The molecule has 202 valence electrons. The predicted octanol–water partition coefficient (Wildman–Crippen LogP) is 9.50. The van der Waals surface area contributed by atoms with Gasteiger partial charge in [0.1, 0.15) is 11.1 Å². The van der Waals surface area contributed by atoms with Crippen LogP contribution in [0.25, 0.3) is 78.5 Å². The van der Waals surface area contributed by atoms with E-state index in [1.807, 2.05) is 103 Å². The van der Waals surface area contributed by atoms with Crippen LogP contribution in [0.15, 0.2) is 150 Å². The molecule has 43 heavy (non-hydrogen) atoms. The number of furan rings is 1. The Morgan fingerprint density at radius 3 is 1.60 bits per heavy atom. The van der Waals surface area contributed by atoms with E-state index in [0.29, 0.717) is 17.5 Å². The summed E-state index contributed by atoms with van der Waals surface area (Å²) in [5.41, 5.74) is 9.54. The van der Waals surface area contributed by atoms with Crippen LogP contribution in [0.4, 0.5) is 0 Å². The monoisotopic (exact) mass is 552 g/mol. The average Bonchev–Trinajstić information content (AvgIpc) is 3.48. The van der Waals surface area contributed by atoms with E-state index >= 15 is 0 Å². The van der Waals surface area contributed by atoms with Gasteiger partial charge in [0.05, 0.1) is 0 Å². The molecule has 0 amide bonds. The van der Waals surface area contributed by atoms with E-state index in [1.54, 1.807) is 0 Å². The van der Waals surface area contributed by atoms with Crippen molar-refractivity contribution < 1.29 is 4.42 Å². The van der Waals surface area contributed by atoms with Crippen molar-refractivity contribution in [1.29, 1.82) is 0 Å². The topological polar surface area (TPSA) is 64.7 Å². The Hall–Kier alpha value is -5.94. The van der Waals surface area contributed by atoms with Crippen LogP contribution in [0.1, 0.15) is 0 Å². The molecule has 0 atom stereocenters. The molecule has 0 N–H and O–H groups in total. The van der Waals surface area contributed by atoms with E-state index < -0.39 is 0 Å². The van der Waals surface area contributed by atoms with Crippen molar-refractivity contribution >= 4 is 22.1 Å². The van der Waals surface area contributed by atoms with Crippen LogP contribution in [-0.2, 0) is 0 Å². The summed E-state index contributed by atoms with van der Waals surface area (Å²) in [5, 5.41) is 1.02.